The highest BCUT2D eigenvalue weighted by atomic mass is 19.1. The highest BCUT2D eigenvalue weighted by Crippen LogP contribution is 2.26. The van der Waals surface area contributed by atoms with Gasteiger partial charge in [0.2, 0.25) is 0 Å². The first-order chi connectivity index (χ1) is 9.17. The molecule has 0 atom stereocenters. The Bertz CT molecular complexity index is 565. The average Bonchev–Trinajstić information content (AvgIpc) is 2.46. The second-order valence-corrected chi connectivity index (χ2v) is 4.00. The third-order valence-corrected chi connectivity index (χ3v) is 2.80. The summed E-state index contributed by atoms with van der Waals surface area (Å²) in [7, 11) is 3.28. The van der Waals surface area contributed by atoms with E-state index in [1.54, 1.807) is 25.2 Å². The minimum absolute atomic E-state index is 0.359. The molecule has 0 aliphatic carbocycles. The van der Waals surface area contributed by atoms with E-state index in [1.165, 1.54) is 13.2 Å². The lowest BCUT2D eigenvalue weighted by atomic mass is 10.1. The molecule has 5 heteroatoms. The molecule has 0 unspecified atom stereocenters. The summed E-state index contributed by atoms with van der Waals surface area (Å²) in [5.41, 5.74) is 1.01. The maximum atomic E-state index is 14.0. The van der Waals surface area contributed by atoms with Gasteiger partial charge in [0.1, 0.15) is 23.2 Å². The molecular weight excluding hydrogens is 245 g/mol. The number of hydrogen-bond acceptors (Lipinski definition) is 4. The number of nitrogens with one attached hydrogen (secondary N) is 1. The van der Waals surface area contributed by atoms with Crippen LogP contribution in [0.3, 0.4) is 0 Å². The van der Waals surface area contributed by atoms with E-state index in [0.717, 1.165) is 0 Å². The van der Waals surface area contributed by atoms with Crippen molar-refractivity contribution in [3.8, 4) is 17.0 Å². The first kappa shape index (κ1) is 13.3. The number of hydrogen-bond donors (Lipinski definition) is 1. The molecule has 0 bridgehead atoms. The van der Waals surface area contributed by atoms with Crippen molar-refractivity contribution in [1.82, 2.24) is 9.97 Å². The molecule has 1 heterocycles. The van der Waals surface area contributed by atoms with Crippen LogP contribution < -0.4 is 10.1 Å². The van der Waals surface area contributed by atoms with Gasteiger partial charge in [0.25, 0.3) is 0 Å². The van der Waals surface area contributed by atoms with E-state index in [2.05, 4.69) is 15.3 Å². The van der Waals surface area contributed by atoms with E-state index in [0.29, 0.717) is 35.1 Å². The zero-order valence-corrected chi connectivity index (χ0v) is 11.2. The Kier molecular flexibility index (Phi) is 3.94. The fourth-order valence-corrected chi connectivity index (χ4v) is 1.75. The van der Waals surface area contributed by atoms with Gasteiger partial charge in [-0.3, -0.25) is 0 Å². The number of rotatable bonds is 4. The van der Waals surface area contributed by atoms with Crippen LogP contribution in [0, 0.1) is 5.82 Å². The molecule has 1 aromatic heterocycles. The lowest BCUT2D eigenvalue weighted by Crippen LogP contribution is -2.01. The summed E-state index contributed by atoms with van der Waals surface area (Å²) in [6.45, 7) is 1.96. The zero-order chi connectivity index (χ0) is 13.8. The van der Waals surface area contributed by atoms with Crippen molar-refractivity contribution in [2.75, 3.05) is 19.5 Å². The van der Waals surface area contributed by atoms with Gasteiger partial charge in [-0.15, -0.1) is 0 Å². The van der Waals surface area contributed by atoms with Crippen molar-refractivity contribution in [1.29, 1.82) is 0 Å². The lowest BCUT2D eigenvalue weighted by Gasteiger charge is -2.08. The van der Waals surface area contributed by atoms with Crippen molar-refractivity contribution < 1.29 is 9.13 Å². The van der Waals surface area contributed by atoms with Gasteiger partial charge >= 0.3 is 0 Å². The molecule has 0 spiro atoms. The van der Waals surface area contributed by atoms with Crippen LogP contribution in [-0.2, 0) is 6.42 Å². The minimum Gasteiger partial charge on any atom is -0.497 e. The van der Waals surface area contributed by atoms with Gasteiger partial charge in [0, 0.05) is 31.2 Å². The highest BCUT2D eigenvalue weighted by Gasteiger charge is 2.10. The van der Waals surface area contributed by atoms with Crippen LogP contribution in [0.4, 0.5) is 10.2 Å². The number of benzene rings is 1. The van der Waals surface area contributed by atoms with Crippen LogP contribution in [-0.4, -0.2) is 24.1 Å². The van der Waals surface area contributed by atoms with Crippen LogP contribution in [0.1, 0.15) is 12.7 Å². The Morgan fingerprint density at radius 2 is 2.05 bits per heavy atom. The topological polar surface area (TPSA) is 47.0 Å². The van der Waals surface area contributed by atoms with Gasteiger partial charge in [-0.2, -0.15) is 0 Å². The van der Waals surface area contributed by atoms with Gasteiger partial charge in [0.05, 0.1) is 12.8 Å². The predicted octanol–water partition coefficient (Wildman–Crippen LogP) is 2.90. The van der Waals surface area contributed by atoms with Gasteiger partial charge in [0.15, 0.2) is 0 Å². The second kappa shape index (κ2) is 5.65. The van der Waals surface area contributed by atoms with E-state index < -0.39 is 0 Å². The molecule has 0 aliphatic heterocycles. The van der Waals surface area contributed by atoms with Crippen LogP contribution in [0.25, 0.3) is 11.3 Å². The van der Waals surface area contributed by atoms with Crippen LogP contribution >= 0.6 is 0 Å². The van der Waals surface area contributed by atoms with Gasteiger partial charge in [-0.1, -0.05) is 6.92 Å². The van der Waals surface area contributed by atoms with Crippen molar-refractivity contribution in [2.24, 2.45) is 0 Å². The monoisotopic (exact) mass is 261 g/mol. The summed E-state index contributed by atoms with van der Waals surface area (Å²) >= 11 is 0. The van der Waals surface area contributed by atoms with Crippen molar-refractivity contribution in [2.45, 2.75) is 13.3 Å². The molecule has 19 heavy (non-hydrogen) atoms. The molecular formula is C14H16FN3O. The summed E-state index contributed by atoms with van der Waals surface area (Å²) in [5.74, 6) is 1.48. The molecule has 100 valence electrons. The molecule has 0 radical (unpaired) electrons. The van der Waals surface area contributed by atoms with E-state index >= 15 is 0 Å². The molecule has 0 aliphatic rings. The molecule has 1 N–H and O–H groups in total. The summed E-state index contributed by atoms with van der Waals surface area (Å²) in [6.07, 6.45) is 0.695. The number of aryl methyl sites for hydroxylation is 1. The molecule has 0 saturated heterocycles. The predicted molar refractivity (Wildman–Crippen MR) is 72.9 cm³/mol. The first-order valence-electron chi connectivity index (χ1n) is 6.07. The summed E-state index contributed by atoms with van der Waals surface area (Å²) in [4.78, 5) is 8.64. The number of ether oxygens (including phenoxy) is 1. The Labute approximate surface area is 111 Å². The molecule has 2 rings (SSSR count). The number of halogens is 1. The fourth-order valence-electron chi connectivity index (χ4n) is 1.75. The summed E-state index contributed by atoms with van der Waals surface area (Å²) in [6, 6.07) is 6.45. The van der Waals surface area contributed by atoms with E-state index in [-0.39, 0.29) is 5.82 Å². The molecule has 0 amide bonds. The van der Waals surface area contributed by atoms with E-state index in [4.69, 9.17) is 4.74 Å². The number of methoxy groups -OCH3 is 1. The van der Waals surface area contributed by atoms with Gasteiger partial charge in [-0.25, -0.2) is 14.4 Å². The van der Waals surface area contributed by atoms with Crippen molar-refractivity contribution in [3.05, 3.63) is 35.9 Å². The minimum atomic E-state index is -0.359. The third kappa shape index (κ3) is 2.81. The fraction of sp³-hybridized carbons (Fsp3) is 0.286. The van der Waals surface area contributed by atoms with Crippen LogP contribution in [0.15, 0.2) is 24.3 Å². The quantitative estimate of drug-likeness (QED) is 0.919. The molecule has 1 aromatic carbocycles. The summed E-state index contributed by atoms with van der Waals surface area (Å²) in [5, 5.41) is 2.96. The maximum Gasteiger partial charge on any atom is 0.136 e. The normalized spacial score (nSPS) is 10.3. The SMILES string of the molecule is CCc1nc(NC)cc(-c2ccc(OC)cc2F)n1. The molecule has 0 saturated carbocycles. The zero-order valence-electron chi connectivity index (χ0n) is 11.2. The van der Waals surface area contributed by atoms with Crippen LogP contribution in [0.5, 0.6) is 5.75 Å². The van der Waals surface area contributed by atoms with Crippen molar-refractivity contribution >= 4 is 5.82 Å². The third-order valence-electron chi connectivity index (χ3n) is 2.80. The van der Waals surface area contributed by atoms with Crippen molar-refractivity contribution in [3.63, 3.8) is 0 Å². The summed E-state index contributed by atoms with van der Waals surface area (Å²) < 4.78 is 19.0. The second-order valence-electron chi connectivity index (χ2n) is 4.00. The van der Waals surface area contributed by atoms with Gasteiger partial charge in [-0.05, 0) is 12.1 Å². The van der Waals surface area contributed by atoms with Gasteiger partial charge < -0.3 is 10.1 Å². The van der Waals surface area contributed by atoms with E-state index in [1.807, 2.05) is 6.92 Å². The molecule has 4 nitrogen and oxygen atoms in total. The number of aromatic nitrogens is 2. The standard InChI is InChI=1S/C14H16FN3O/c1-4-13-17-12(8-14(16-2)18-13)10-6-5-9(19-3)7-11(10)15/h5-8H,4H2,1-3H3,(H,16,17,18). The Morgan fingerprint density at radius 1 is 1.26 bits per heavy atom. The molecule has 0 fully saturated rings. The van der Waals surface area contributed by atoms with E-state index in [9.17, 15) is 4.39 Å². The maximum absolute atomic E-state index is 14.0. The molecule has 2 aromatic rings. The Morgan fingerprint density at radius 3 is 2.63 bits per heavy atom. The lowest BCUT2D eigenvalue weighted by molar-refractivity contribution is 0.411. The number of nitrogens with zero attached hydrogens (tertiary/aromatic N) is 2. The smallest absolute Gasteiger partial charge is 0.136 e. The average molecular weight is 261 g/mol. The Balaban J connectivity index is 2.51. The first-order valence-corrected chi connectivity index (χ1v) is 6.07. The number of anilines is 1. The Hall–Kier alpha value is -2.17. The largest absolute Gasteiger partial charge is 0.497 e. The highest BCUT2D eigenvalue weighted by molar-refractivity contribution is 5.64. The van der Waals surface area contributed by atoms with Crippen LogP contribution in [0.2, 0.25) is 0 Å².